The molecule has 0 atom stereocenters. The van der Waals surface area contributed by atoms with Gasteiger partial charge in [0, 0.05) is 21.6 Å². The molecule has 132 valence electrons. The van der Waals surface area contributed by atoms with Crippen molar-refractivity contribution in [3.05, 3.63) is 107 Å². The summed E-state index contributed by atoms with van der Waals surface area (Å²) >= 11 is 0. The maximum absolute atomic E-state index is 4.44. The molecule has 1 heteroatoms. The van der Waals surface area contributed by atoms with E-state index in [4.69, 9.17) is 0 Å². The summed E-state index contributed by atoms with van der Waals surface area (Å²) in [5.41, 5.74) is 6.07. The lowest BCUT2D eigenvalue weighted by molar-refractivity contribution is 1.07. The van der Waals surface area contributed by atoms with Gasteiger partial charge in [-0.1, -0.05) is 73.3 Å². The van der Waals surface area contributed by atoms with Gasteiger partial charge in [0.25, 0.3) is 0 Å². The highest BCUT2D eigenvalue weighted by Crippen LogP contribution is 2.21. The summed E-state index contributed by atoms with van der Waals surface area (Å²) in [4.78, 5) is 0. The largest absolute Gasteiger partial charge is 0.310 e. The predicted octanol–water partition coefficient (Wildman–Crippen LogP) is 5.23. The van der Waals surface area contributed by atoms with Crippen molar-refractivity contribution < 1.29 is 0 Å². The molecule has 0 unspecified atom stereocenters. The van der Waals surface area contributed by atoms with Gasteiger partial charge >= 0.3 is 0 Å². The highest BCUT2D eigenvalue weighted by molar-refractivity contribution is 5.94. The number of allylic oxidation sites excluding steroid dienone is 2. The SMILES string of the molecule is C=c1/c(=C\C(=C/C)c2ccccc2C)c2ccccc2n1-c1ccccc1. The third-order valence-corrected chi connectivity index (χ3v) is 5.10. The standard InChI is InChI=1S/C26H23N/c1-4-21(23-15-9-8-12-19(23)2)18-25-20(3)27(22-13-6-5-7-14-22)26-17-11-10-16-24(25)26/h4-18H,3H2,1-2H3/b21-4+,25-18+. The van der Waals surface area contributed by atoms with Gasteiger partial charge in [-0.3, -0.25) is 0 Å². The molecule has 1 heterocycles. The van der Waals surface area contributed by atoms with Gasteiger partial charge < -0.3 is 4.57 Å². The first-order chi connectivity index (χ1) is 13.2. The summed E-state index contributed by atoms with van der Waals surface area (Å²) in [5.74, 6) is 0. The van der Waals surface area contributed by atoms with Crippen molar-refractivity contribution in [3.8, 4) is 5.69 Å². The second-order valence-electron chi connectivity index (χ2n) is 6.75. The monoisotopic (exact) mass is 349 g/mol. The van der Waals surface area contributed by atoms with Crippen LogP contribution in [0.4, 0.5) is 0 Å². The van der Waals surface area contributed by atoms with Gasteiger partial charge in [0.05, 0.1) is 5.52 Å². The second kappa shape index (κ2) is 7.13. The molecule has 0 aliphatic heterocycles. The van der Waals surface area contributed by atoms with E-state index in [1.165, 1.54) is 32.8 Å². The van der Waals surface area contributed by atoms with Gasteiger partial charge in [-0.25, -0.2) is 0 Å². The first-order valence-electron chi connectivity index (χ1n) is 9.28. The first kappa shape index (κ1) is 17.1. The lowest BCUT2D eigenvalue weighted by Crippen LogP contribution is -2.26. The Balaban J connectivity index is 2.04. The van der Waals surface area contributed by atoms with E-state index in [-0.39, 0.29) is 0 Å². The second-order valence-corrected chi connectivity index (χ2v) is 6.75. The lowest BCUT2D eigenvalue weighted by Gasteiger charge is -2.06. The summed E-state index contributed by atoms with van der Waals surface area (Å²) in [6.07, 6.45) is 4.45. The van der Waals surface area contributed by atoms with Crippen LogP contribution in [0, 0.1) is 6.92 Å². The van der Waals surface area contributed by atoms with E-state index < -0.39 is 0 Å². The molecule has 0 bridgehead atoms. The third kappa shape index (κ3) is 3.02. The molecule has 1 nitrogen and oxygen atoms in total. The number of hydrogen-bond donors (Lipinski definition) is 0. The molecule has 0 fully saturated rings. The van der Waals surface area contributed by atoms with Crippen molar-refractivity contribution in [2.24, 2.45) is 0 Å². The Morgan fingerprint density at radius 3 is 2.26 bits per heavy atom. The predicted molar refractivity (Wildman–Crippen MR) is 117 cm³/mol. The van der Waals surface area contributed by atoms with Gasteiger partial charge in [0.15, 0.2) is 0 Å². The minimum absolute atomic E-state index is 1.01. The van der Waals surface area contributed by atoms with E-state index in [2.05, 4.69) is 110 Å². The number of nitrogens with zero attached hydrogens (tertiary/aromatic N) is 1. The zero-order valence-electron chi connectivity index (χ0n) is 15.8. The van der Waals surface area contributed by atoms with Crippen molar-refractivity contribution >= 4 is 29.1 Å². The summed E-state index contributed by atoms with van der Waals surface area (Å²) in [5, 5.41) is 3.40. The van der Waals surface area contributed by atoms with Crippen LogP contribution in [-0.2, 0) is 0 Å². The minimum Gasteiger partial charge on any atom is -0.310 e. The quantitative estimate of drug-likeness (QED) is 0.477. The van der Waals surface area contributed by atoms with Crippen molar-refractivity contribution in [1.82, 2.24) is 4.57 Å². The van der Waals surface area contributed by atoms with Crippen LogP contribution in [0.2, 0.25) is 0 Å². The zero-order chi connectivity index (χ0) is 18.8. The fourth-order valence-electron chi connectivity index (χ4n) is 3.72. The van der Waals surface area contributed by atoms with Gasteiger partial charge in [-0.2, -0.15) is 0 Å². The molecule has 4 rings (SSSR count). The van der Waals surface area contributed by atoms with Gasteiger partial charge in [-0.05, 0) is 54.8 Å². The Kier molecular flexibility index (Phi) is 4.52. The van der Waals surface area contributed by atoms with Crippen molar-refractivity contribution in [1.29, 1.82) is 0 Å². The lowest BCUT2D eigenvalue weighted by atomic mass is 9.99. The smallest absolute Gasteiger partial charge is 0.0540 e. The number of fused-ring (bicyclic) bond motifs is 1. The number of aryl methyl sites for hydroxylation is 1. The molecule has 1 aromatic heterocycles. The summed E-state index contributed by atoms with van der Waals surface area (Å²) in [6, 6.07) is 27.5. The fourth-order valence-corrected chi connectivity index (χ4v) is 3.72. The number of hydrogen-bond acceptors (Lipinski definition) is 0. The van der Waals surface area contributed by atoms with E-state index in [9.17, 15) is 0 Å². The Morgan fingerprint density at radius 2 is 1.52 bits per heavy atom. The van der Waals surface area contributed by atoms with Crippen LogP contribution in [0.15, 0.2) is 84.9 Å². The first-order valence-corrected chi connectivity index (χ1v) is 9.28. The van der Waals surface area contributed by atoms with Crippen molar-refractivity contribution in [3.63, 3.8) is 0 Å². The summed E-state index contributed by atoms with van der Waals surface area (Å²) in [6.45, 7) is 8.69. The van der Waals surface area contributed by atoms with E-state index in [0.29, 0.717) is 0 Å². The average Bonchev–Trinajstić information content (AvgIpc) is 2.99. The molecule has 0 radical (unpaired) electrons. The molecule has 0 saturated heterocycles. The van der Waals surface area contributed by atoms with E-state index in [1.54, 1.807) is 0 Å². The zero-order valence-corrected chi connectivity index (χ0v) is 15.8. The molecule has 3 aromatic carbocycles. The van der Waals surface area contributed by atoms with Crippen molar-refractivity contribution in [2.75, 3.05) is 0 Å². The van der Waals surface area contributed by atoms with E-state index >= 15 is 0 Å². The Hall–Kier alpha value is -3.32. The molecule has 0 N–H and O–H groups in total. The van der Waals surface area contributed by atoms with E-state index in [0.717, 1.165) is 11.0 Å². The molecule has 0 aliphatic carbocycles. The van der Waals surface area contributed by atoms with Crippen LogP contribution in [0.3, 0.4) is 0 Å². The summed E-state index contributed by atoms with van der Waals surface area (Å²) < 4.78 is 2.24. The topological polar surface area (TPSA) is 4.93 Å². The Morgan fingerprint density at radius 1 is 0.852 bits per heavy atom. The molecule has 0 saturated carbocycles. The maximum Gasteiger partial charge on any atom is 0.0540 e. The number of aromatic nitrogens is 1. The maximum atomic E-state index is 4.44. The highest BCUT2D eigenvalue weighted by atomic mass is 15.0. The Labute approximate surface area is 160 Å². The highest BCUT2D eigenvalue weighted by Gasteiger charge is 2.09. The molecule has 0 amide bonds. The van der Waals surface area contributed by atoms with Crippen LogP contribution in [0.5, 0.6) is 0 Å². The van der Waals surface area contributed by atoms with Crippen LogP contribution < -0.4 is 10.6 Å². The average molecular weight is 349 g/mol. The molecule has 27 heavy (non-hydrogen) atoms. The molecule has 4 aromatic rings. The van der Waals surface area contributed by atoms with Crippen LogP contribution in [0.25, 0.3) is 34.8 Å². The normalized spacial score (nSPS) is 12.7. The van der Waals surface area contributed by atoms with Gasteiger partial charge in [-0.15, -0.1) is 0 Å². The molecular weight excluding hydrogens is 326 g/mol. The van der Waals surface area contributed by atoms with E-state index in [1.807, 2.05) is 6.07 Å². The fraction of sp³-hybridized carbons (Fsp3) is 0.0769. The van der Waals surface area contributed by atoms with Crippen LogP contribution in [-0.4, -0.2) is 4.57 Å². The van der Waals surface area contributed by atoms with Crippen molar-refractivity contribution in [2.45, 2.75) is 13.8 Å². The summed E-state index contributed by atoms with van der Waals surface area (Å²) in [7, 11) is 0. The van der Waals surface area contributed by atoms with Crippen LogP contribution in [0.1, 0.15) is 18.1 Å². The molecule has 0 spiro atoms. The third-order valence-electron chi connectivity index (χ3n) is 5.10. The molecular formula is C26H23N. The van der Waals surface area contributed by atoms with Gasteiger partial charge in [0.2, 0.25) is 0 Å². The van der Waals surface area contributed by atoms with Crippen LogP contribution >= 0.6 is 0 Å². The molecule has 0 aliphatic rings. The van der Waals surface area contributed by atoms with Gasteiger partial charge in [0.1, 0.15) is 0 Å². The number of para-hydroxylation sites is 2. The minimum atomic E-state index is 1.01. The Bertz CT molecular complexity index is 1240. The number of benzene rings is 3. The number of rotatable bonds is 3.